The van der Waals surface area contributed by atoms with Gasteiger partial charge in [-0.3, -0.25) is 34.0 Å². The van der Waals surface area contributed by atoms with Crippen LogP contribution in [0.3, 0.4) is 0 Å². The van der Waals surface area contributed by atoms with Gasteiger partial charge >= 0.3 is 0 Å². The van der Waals surface area contributed by atoms with E-state index in [9.17, 15) is 29.1 Å². The van der Waals surface area contributed by atoms with Gasteiger partial charge in [0.15, 0.2) is 11.9 Å². The first kappa shape index (κ1) is 43.3. The lowest BCUT2D eigenvalue weighted by Gasteiger charge is -2.33. The standard InChI is InChI=1S/C40H55N11O6/c1-25-35(54)49-31(11-8-19-46-40(43)44)37(56)50-32(23-27-12-15-28-9-4-5-10-29(28)21-27)36(55)47-24-34(53)48-33(22-26-13-16-30(52)17-14-26)38(57)51(25)20-7-3-2-6-18-45-39(41)42/h4-5,9-10,12-17,21,25,31-33,52H,2-3,6-8,11,18-20,22-24H2,1H3,(H,47,55)(H,48,53)(H,49,54)(H,50,56)(H4,41,42,45)(H4,43,44,46)/t25-,31+,32+,33-/m1/s1. The number of nitrogens with one attached hydrogen (secondary N) is 4. The van der Waals surface area contributed by atoms with Crippen molar-refractivity contribution in [3.63, 3.8) is 0 Å². The predicted octanol–water partition coefficient (Wildman–Crippen LogP) is 0.0193. The Kier molecular flexibility index (Phi) is 16.4. The number of hydrogen-bond acceptors (Lipinski definition) is 8. The number of amides is 5. The summed E-state index contributed by atoms with van der Waals surface area (Å²) >= 11 is 0. The highest BCUT2D eigenvalue weighted by molar-refractivity contribution is 5.97. The Bertz CT molecular complexity index is 1910. The summed E-state index contributed by atoms with van der Waals surface area (Å²) in [6, 6.07) is 15.1. The van der Waals surface area contributed by atoms with Crippen molar-refractivity contribution in [3.8, 4) is 5.75 Å². The van der Waals surface area contributed by atoms with Crippen molar-refractivity contribution in [2.24, 2.45) is 32.9 Å². The summed E-state index contributed by atoms with van der Waals surface area (Å²) in [5.41, 5.74) is 23.3. The van der Waals surface area contributed by atoms with Crippen molar-refractivity contribution < 1.29 is 29.1 Å². The smallest absolute Gasteiger partial charge is 0.246 e. The number of unbranched alkanes of at least 4 members (excludes halogenated alkanes) is 3. The van der Waals surface area contributed by atoms with Gasteiger partial charge in [-0.15, -0.1) is 0 Å². The number of carbonyl (C=O) groups excluding carboxylic acids is 5. The van der Waals surface area contributed by atoms with Crippen molar-refractivity contribution >= 4 is 52.2 Å². The zero-order chi connectivity index (χ0) is 41.3. The fourth-order valence-electron chi connectivity index (χ4n) is 6.54. The summed E-state index contributed by atoms with van der Waals surface area (Å²) in [6.07, 6.45) is 3.20. The topological polar surface area (TPSA) is 286 Å². The maximum Gasteiger partial charge on any atom is 0.246 e. The monoisotopic (exact) mass is 785 g/mol. The van der Waals surface area contributed by atoms with Crippen LogP contribution in [0.25, 0.3) is 10.8 Å². The molecule has 4 rings (SSSR count). The van der Waals surface area contributed by atoms with Gasteiger partial charge in [0.05, 0.1) is 6.54 Å². The molecular formula is C40H55N11O6. The van der Waals surface area contributed by atoms with Crippen LogP contribution in [0, 0.1) is 0 Å². The molecule has 1 saturated heterocycles. The summed E-state index contributed by atoms with van der Waals surface area (Å²) in [7, 11) is 0. The number of guanidine groups is 2. The zero-order valence-corrected chi connectivity index (χ0v) is 32.3. The van der Waals surface area contributed by atoms with Gasteiger partial charge in [0.1, 0.15) is 29.9 Å². The normalized spacial score (nSPS) is 19.7. The number of phenolic OH excluding ortho intramolecular Hbond substituents is 1. The van der Waals surface area contributed by atoms with Crippen molar-refractivity contribution in [2.75, 3.05) is 26.2 Å². The molecule has 0 aliphatic carbocycles. The molecule has 1 aliphatic rings. The molecule has 0 aromatic heterocycles. The van der Waals surface area contributed by atoms with Crippen LogP contribution >= 0.6 is 0 Å². The Morgan fingerprint density at radius 2 is 1.30 bits per heavy atom. The number of fused-ring (bicyclic) bond motifs is 1. The van der Waals surface area contributed by atoms with E-state index >= 15 is 0 Å². The first-order chi connectivity index (χ1) is 27.3. The molecule has 17 nitrogen and oxygen atoms in total. The molecular weight excluding hydrogens is 731 g/mol. The van der Waals surface area contributed by atoms with Crippen LogP contribution in [0.4, 0.5) is 0 Å². The van der Waals surface area contributed by atoms with E-state index in [-0.39, 0.29) is 50.0 Å². The molecule has 13 N–H and O–H groups in total. The number of hydrogen-bond donors (Lipinski definition) is 9. The molecule has 17 heteroatoms. The van der Waals surface area contributed by atoms with Gasteiger partial charge < -0.3 is 54.2 Å². The Labute approximate surface area is 332 Å². The van der Waals surface area contributed by atoms with Crippen LogP contribution < -0.4 is 44.2 Å². The quantitative estimate of drug-likeness (QED) is 0.0566. The van der Waals surface area contributed by atoms with Crippen LogP contribution in [0.1, 0.15) is 56.6 Å². The summed E-state index contributed by atoms with van der Waals surface area (Å²) < 4.78 is 0. The molecule has 4 atom stereocenters. The van der Waals surface area contributed by atoms with Gasteiger partial charge in [0.2, 0.25) is 29.5 Å². The van der Waals surface area contributed by atoms with E-state index in [4.69, 9.17) is 22.9 Å². The summed E-state index contributed by atoms with van der Waals surface area (Å²) in [4.78, 5) is 79.2. The summed E-state index contributed by atoms with van der Waals surface area (Å²) in [6.45, 7) is 1.86. The average Bonchev–Trinajstić information content (AvgIpc) is 3.18. The van der Waals surface area contributed by atoms with E-state index in [0.29, 0.717) is 37.8 Å². The number of benzene rings is 3. The highest BCUT2D eigenvalue weighted by atomic mass is 16.3. The number of rotatable bonds is 15. The number of aliphatic imine (C=N–C) groups is 2. The third kappa shape index (κ3) is 14.0. The SMILES string of the molecule is C[C@@H]1C(=O)N[C@@H](CCCN=C(N)N)C(=O)N[C@@H](Cc2ccc3ccccc3c2)C(=O)NCC(=O)N[C@H](Cc2ccc(O)cc2)C(=O)N1CCCCCCN=C(N)N. The van der Waals surface area contributed by atoms with Crippen LogP contribution in [-0.4, -0.2) is 102 Å². The number of nitrogens with two attached hydrogens (primary N) is 4. The fraction of sp³-hybridized carbons (Fsp3) is 0.425. The zero-order valence-electron chi connectivity index (χ0n) is 32.3. The second-order valence-corrected chi connectivity index (χ2v) is 14.1. The lowest BCUT2D eigenvalue weighted by molar-refractivity contribution is -0.143. The Balaban J connectivity index is 1.66. The van der Waals surface area contributed by atoms with Crippen LogP contribution in [0.2, 0.25) is 0 Å². The fourth-order valence-corrected chi connectivity index (χ4v) is 6.54. The van der Waals surface area contributed by atoms with Crippen LogP contribution in [0.5, 0.6) is 5.75 Å². The Morgan fingerprint density at radius 3 is 2.00 bits per heavy atom. The molecule has 3 aromatic carbocycles. The van der Waals surface area contributed by atoms with Gasteiger partial charge in [-0.25, -0.2) is 0 Å². The molecule has 57 heavy (non-hydrogen) atoms. The number of nitrogens with zero attached hydrogens (tertiary/aromatic N) is 3. The van der Waals surface area contributed by atoms with Crippen LogP contribution in [0.15, 0.2) is 76.7 Å². The number of aromatic hydroxyl groups is 1. The molecule has 306 valence electrons. The third-order valence-electron chi connectivity index (χ3n) is 9.63. The van der Waals surface area contributed by atoms with E-state index in [2.05, 4.69) is 31.3 Å². The second kappa shape index (κ2) is 21.6. The largest absolute Gasteiger partial charge is 0.508 e. The minimum atomic E-state index is -1.15. The molecule has 0 radical (unpaired) electrons. The predicted molar refractivity (Wildman–Crippen MR) is 218 cm³/mol. The highest BCUT2D eigenvalue weighted by Gasteiger charge is 2.35. The van der Waals surface area contributed by atoms with Crippen LogP contribution in [-0.2, 0) is 36.8 Å². The van der Waals surface area contributed by atoms with Gasteiger partial charge in [0.25, 0.3) is 0 Å². The van der Waals surface area contributed by atoms with Crippen molar-refractivity contribution in [3.05, 3.63) is 77.9 Å². The van der Waals surface area contributed by atoms with Crippen molar-refractivity contribution in [1.29, 1.82) is 0 Å². The molecule has 5 amide bonds. The van der Waals surface area contributed by atoms with E-state index in [1.807, 2.05) is 42.5 Å². The second-order valence-electron chi connectivity index (χ2n) is 14.1. The highest BCUT2D eigenvalue weighted by Crippen LogP contribution is 2.18. The van der Waals surface area contributed by atoms with Gasteiger partial charge in [-0.05, 0) is 66.6 Å². The van der Waals surface area contributed by atoms with Crippen molar-refractivity contribution in [1.82, 2.24) is 26.2 Å². The molecule has 0 bridgehead atoms. The molecule has 0 spiro atoms. The first-order valence-electron chi connectivity index (χ1n) is 19.2. The molecule has 1 fully saturated rings. The molecule has 3 aromatic rings. The average molecular weight is 786 g/mol. The minimum absolute atomic E-state index is 0.00642. The van der Waals surface area contributed by atoms with Gasteiger partial charge in [-0.2, -0.15) is 0 Å². The first-order valence-corrected chi connectivity index (χ1v) is 19.2. The van der Waals surface area contributed by atoms with E-state index in [1.165, 1.54) is 17.0 Å². The molecule has 1 aliphatic heterocycles. The van der Waals surface area contributed by atoms with Crippen molar-refractivity contribution in [2.45, 2.75) is 82.5 Å². The number of carbonyl (C=O) groups is 5. The lowest BCUT2D eigenvalue weighted by Crippen LogP contribution is -2.58. The van der Waals surface area contributed by atoms with E-state index in [1.54, 1.807) is 19.1 Å². The minimum Gasteiger partial charge on any atom is -0.508 e. The van der Waals surface area contributed by atoms with E-state index in [0.717, 1.165) is 22.8 Å². The summed E-state index contributed by atoms with van der Waals surface area (Å²) in [5.74, 6) is -3.16. The maximum atomic E-state index is 14.5. The van der Waals surface area contributed by atoms with E-state index < -0.39 is 60.2 Å². The Hall–Kier alpha value is -6.39. The van der Waals surface area contributed by atoms with Gasteiger partial charge in [-0.1, -0.05) is 67.4 Å². The Morgan fingerprint density at radius 1 is 0.684 bits per heavy atom. The van der Waals surface area contributed by atoms with Gasteiger partial charge in [0, 0.05) is 32.5 Å². The maximum absolute atomic E-state index is 14.5. The summed E-state index contributed by atoms with van der Waals surface area (Å²) in [5, 5.41) is 22.8. The molecule has 0 saturated carbocycles. The molecule has 0 unspecified atom stereocenters. The molecule has 1 heterocycles. The number of phenols is 1. The lowest BCUT2D eigenvalue weighted by atomic mass is 10.0. The third-order valence-corrected chi connectivity index (χ3v) is 9.63.